The first kappa shape index (κ1) is 10.8. The van der Waals surface area contributed by atoms with E-state index in [2.05, 4.69) is 11.8 Å². The highest BCUT2D eigenvalue weighted by Crippen LogP contribution is 2.30. The summed E-state index contributed by atoms with van der Waals surface area (Å²) < 4.78 is 0. The van der Waals surface area contributed by atoms with Crippen LogP contribution >= 0.6 is 11.6 Å². The molecule has 2 fully saturated rings. The summed E-state index contributed by atoms with van der Waals surface area (Å²) in [7, 11) is 0. The van der Waals surface area contributed by atoms with Crippen molar-refractivity contribution in [3.63, 3.8) is 0 Å². The molecule has 1 aliphatic heterocycles. The largest absolute Gasteiger partial charge is 0.302 e. The van der Waals surface area contributed by atoms with Crippen LogP contribution in [0.4, 0.5) is 0 Å². The summed E-state index contributed by atoms with van der Waals surface area (Å²) in [4.78, 5) is 2.59. The predicted octanol–water partition coefficient (Wildman–Crippen LogP) is 2.98. The minimum Gasteiger partial charge on any atom is -0.302 e. The van der Waals surface area contributed by atoms with Crippen LogP contribution in [0.25, 0.3) is 0 Å². The number of alkyl halides is 1. The average molecular weight is 216 g/mol. The van der Waals surface area contributed by atoms with Crippen molar-refractivity contribution >= 4 is 11.6 Å². The maximum absolute atomic E-state index is 5.80. The van der Waals surface area contributed by atoms with E-state index in [9.17, 15) is 0 Å². The molecule has 0 N–H and O–H groups in total. The molecule has 0 aromatic heterocycles. The van der Waals surface area contributed by atoms with Gasteiger partial charge in [-0.15, -0.1) is 11.6 Å². The summed E-state index contributed by atoms with van der Waals surface area (Å²) >= 11 is 5.80. The second-order valence-electron chi connectivity index (χ2n) is 5.36. The van der Waals surface area contributed by atoms with Crippen molar-refractivity contribution in [1.82, 2.24) is 4.90 Å². The lowest BCUT2D eigenvalue weighted by Gasteiger charge is -2.41. The second-order valence-corrected chi connectivity index (χ2v) is 5.67. The van der Waals surface area contributed by atoms with Gasteiger partial charge in [-0.25, -0.2) is 0 Å². The van der Waals surface area contributed by atoms with E-state index in [4.69, 9.17) is 11.6 Å². The van der Waals surface area contributed by atoms with Gasteiger partial charge < -0.3 is 4.90 Å². The van der Waals surface area contributed by atoms with E-state index in [1.54, 1.807) is 0 Å². The molecule has 0 aromatic carbocycles. The fourth-order valence-corrected chi connectivity index (χ4v) is 3.00. The van der Waals surface area contributed by atoms with E-state index in [1.165, 1.54) is 45.3 Å². The van der Waals surface area contributed by atoms with Gasteiger partial charge in [0.25, 0.3) is 0 Å². The Kier molecular flexibility index (Phi) is 3.73. The molecule has 2 heteroatoms. The molecule has 1 aliphatic carbocycles. The number of hydrogen-bond donors (Lipinski definition) is 0. The Bertz CT molecular complexity index is 169. The van der Waals surface area contributed by atoms with Gasteiger partial charge >= 0.3 is 0 Å². The molecule has 1 heterocycles. The molecule has 0 spiro atoms. The zero-order valence-electron chi connectivity index (χ0n) is 9.21. The molecule has 82 valence electrons. The Labute approximate surface area is 92.8 Å². The molecule has 2 aliphatic rings. The van der Waals surface area contributed by atoms with Crippen LogP contribution in [0.1, 0.15) is 32.6 Å². The zero-order chi connectivity index (χ0) is 9.97. The minimum atomic E-state index is 0.791. The number of nitrogens with zero attached hydrogens (tertiary/aromatic N) is 1. The monoisotopic (exact) mass is 215 g/mol. The van der Waals surface area contributed by atoms with Gasteiger partial charge in [-0.1, -0.05) is 19.8 Å². The molecule has 14 heavy (non-hydrogen) atoms. The van der Waals surface area contributed by atoms with E-state index in [0.717, 1.165) is 23.6 Å². The molecule has 1 saturated heterocycles. The first-order valence-electron chi connectivity index (χ1n) is 6.06. The Morgan fingerprint density at radius 2 is 1.71 bits per heavy atom. The van der Waals surface area contributed by atoms with Gasteiger partial charge in [0.15, 0.2) is 0 Å². The van der Waals surface area contributed by atoms with Crippen molar-refractivity contribution < 1.29 is 0 Å². The number of hydrogen-bond acceptors (Lipinski definition) is 1. The lowest BCUT2D eigenvalue weighted by atomic mass is 9.82. The lowest BCUT2D eigenvalue weighted by molar-refractivity contribution is 0.0807. The molecule has 0 amide bonds. The molecule has 2 rings (SSSR count). The van der Waals surface area contributed by atoms with Crippen molar-refractivity contribution in [3.05, 3.63) is 0 Å². The number of likely N-dealkylation sites (tertiary alicyclic amines) is 1. The van der Waals surface area contributed by atoms with Crippen molar-refractivity contribution in [2.24, 2.45) is 17.8 Å². The van der Waals surface area contributed by atoms with Crippen molar-refractivity contribution in [1.29, 1.82) is 0 Å². The lowest BCUT2D eigenvalue weighted by Crippen LogP contribution is -2.49. The predicted molar refractivity (Wildman–Crippen MR) is 61.8 cm³/mol. The van der Waals surface area contributed by atoms with Crippen LogP contribution in [0, 0.1) is 17.8 Å². The molecule has 1 nitrogen and oxygen atoms in total. The van der Waals surface area contributed by atoms with Gasteiger partial charge in [0, 0.05) is 25.5 Å². The van der Waals surface area contributed by atoms with Gasteiger partial charge in [-0.3, -0.25) is 0 Å². The van der Waals surface area contributed by atoms with E-state index >= 15 is 0 Å². The normalized spacial score (nSPS) is 35.6. The summed E-state index contributed by atoms with van der Waals surface area (Å²) in [5.74, 6) is 3.62. The fraction of sp³-hybridized carbons (Fsp3) is 1.00. The summed E-state index contributed by atoms with van der Waals surface area (Å²) in [6.07, 6.45) is 5.83. The zero-order valence-corrected chi connectivity index (χ0v) is 9.97. The summed E-state index contributed by atoms with van der Waals surface area (Å²) in [5, 5.41) is 0. The first-order chi connectivity index (χ1) is 6.78. The highest BCUT2D eigenvalue weighted by Gasteiger charge is 2.28. The highest BCUT2D eigenvalue weighted by molar-refractivity contribution is 6.18. The molecular weight excluding hydrogens is 194 g/mol. The molecule has 0 bridgehead atoms. The molecule has 1 saturated carbocycles. The van der Waals surface area contributed by atoms with Crippen LogP contribution in [0.3, 0.4) is 0 Å². The van der Waals surface area contributed by atoms with E-state index in [1.807, 2.05) is 0 Å². The third kappa shape index (κ3) is 2.64. The smallest absolute Gasteiger partial charge is 0.0276 e. The van der Waals surface area contributed by atoms with Crippen LogP contribution in [-0.4, -0.2) is 30.4 Å². The van der Waals surface area contributed by atoms with E-state index < -0.39 is 0 Å². The van der Waals surface area contributed by atoms with Gasteiger partial charge in [0.2, 0.25) is 0 Å². The van der Waals surface area contributed by atoms with Crippen LogP contribution in [0.15, 0.2) is 0 Å². The summed E-state index contributed by atoms with van der Waals surface area (Å²) in [6, 6.07) is 0. The van der Waals surface area contributed by atoms with E-state index in [-0.39, 0.29) is 0 Å². The maximum Gasteiger partial charge on any atom is 0.0276 e. The topological polar surface area (TPSA) is 3.24 Å². The Balaban J connectivity index is 1.62. The average Bonchev–Trinajstić information content (AvgIpc) is 2.13. The van der Waals surface area contributed by atoms with Crippen molar-refractivity contribution in [3.8, 4) is 0 Å². The SMILES string of the molecule is CC1CCC(CN2CC(CCl)C2)CC1. The third-order valence-corrected chi connectivity index (χ3v) is 4.34. The van der Waals surface area contributed by atoms with Crippen molar-refractivity contribution in [2.75, 3.05) is 25.5 Å². The summed E-state index contributed by atoms with van der Waals surface area (Å²) in [5.41, 5.74) is 0. The van der Waals surface area contributed by atoms with Crippen LogP contribution < -0.4 is 0 Å². The standard InChI is InChI=1S/C12H22ClN/c1-10-2-4-11(5-3-10)7-14-8-12(6-13)9-14/h10-12H,2-9H2,1H3. The Hall–Kier alpha value is 0.250. The minimum absolute atomic E-state index is 0.791. The Morgan fingerprint density at radius 3 is 2.29 bits per heavy atom. The molecule has 0 unspecified atom stereocenters. The molecule has 0 aromatic rings. The van der Waals surface area contributed by atoms with Gasteiger partial charge in [-0.05, 0) is 30.6 Å². The quantitative estimate of drug-likeness (QED) is 0.655. The third-order valence-electron chi connectivity index (χ3n) is 3.90. The molecule has 0 radical (unpaired) electrons. The first-order valence-corrected chi connectivity index (χ1v) is 6.59. The highest BCUT2D eigenvalue weighted by atomic mass is 35.5. The van der Waals surface area contributed by atoms with Crippen LogP contribution in [-0.2, 0) is 0 Å². The van der Waals surface area contributed by atoms with Crippen molar-refractivity contribution in [2.45, 2.75) is 32.6 Å². The van der Waals surface area contributed by atoms with Crippen LogP contribution in [0.5, 0.6) is 0 Å². The maximum atomic E-state index is 5.80. The van der Waals surface area contributed by atoms with Gasteiger partial charge in [0.1, 0.15) is 0 Å². The molecule has 0 atom stereocenters. The molecular formula is C12H22ClN. The number of halogens is 1. The second kappa shape index (κ2) is 4.85. The van der Waals surface area contributed by atoms with Crippen LogP contribution in [0.2, 0.25) is 0 Å². The Morgan fingerprint density at radius 1 is 1.07 bits per heavy atom. The fourth-order valence-electron chi connectivity index (χ4n) is 2.80. The van der Waals surface area contributed by atoms with E-state index in [0.29, 0.717) is 0 Å². The van der Waals surface area contributed by atoms with Gasteiger partial charge in [-0.2, -0.15) is 0 Å². The summed E-state index contributed by atoms with van der Waals surface area (Å²) in [6.45, 7) is 6.26. The number of rotatable bonds is 3. The van der Waals surface area contributed by atoms with Gasteiger partial charge in [0.05, 0.1) is 0 Å².